The molecule has 2 heterocycles. The maximum absolute atomic E-state index is 14.2. The van der Waals surface area contributed by atoms with E-state index in [1.807, 2.05) is 55.5 Å². The summed E-state index contributed by atoms with van der Waals surface area (Å²) < 4.78 is 31.5. The molecule has 5 rings (SSSR count). The first-order valence-electron chi connectivity index (χ1n) is 15.0. The standard InChI is InChI=1S/C35H32I2N2O8S/c1-5-44-27-17-23(12-13-26(27)46-19-29(40)43-4)31-30(34(42)45-6-2)20(3)38-35-39(31)33(41)28(48-35)16-22-14-24(36)32(25(37)15-22)47-18-21-10-8-7-9-11-21/h7-17,31H,5-6,18-19H2,1-4H3/b28-16-/t31-/m0/s1. The van der Waals surface area contributed by atoms with Crippen LogP contribution >= 0.6 is 56.5 Å². The minimum atomic E-state index is -0.856. The maximum Gasteiger partial charge on any atom is 0.343 e. The van der Waals surface area contributed by atoms with Crippen LogP contribution in [0.25, 0.3) is 6.08 Å². The van der Waals surface area contributed by atoms with Crippen molar-refractivity contribution in [2.75, 3.05) is 26.9 Å². The van der Waals surface area contributed by atoms with Gasteiger partial charge in [-0.15, -0.1) is 0 Å². The Balaban J connectivity index is 1.58. The minimum Gasteiger partial charge on any atom is -0.490 e. The SMILES string of the molecule is CCOC(=O)C1=C(C)N=c2s/c(=C\c3cc(I)c(OCc4ccccc4)c(I)c3)c(=O)n2[C@H]1c1ccc(OCC(=O)OC)c(OCC)c1. The molecule has 4 aromatic rings. The molecule has 0 unspecified atom stereocenters. The molecule has 48 heavy (non-hydrogen) atoms. The van der Waals surface area contributed by atoms with Gasteiger partial charge in [0.25, 0.3) is 5.56 Å². The third-order valence-corrected chi connectivity index (χ3v) is 9.80. The van der Waals surface area contributed by atoms with Gasteiger partial charge in [-0.3, -0.25) is 9.36 Å². The van der Waals surface area contributed by atoms with Crippen molar-refractivity contribution < 1.29 is 33.3 Å². The van der Waals surface area contributed by atoms with Crippen molar-refractivity contribution in [1.29, 1.82) is 0 Å². The second-order valence-electron chi connectivity index (χ2n) is 10.4. The molecule has 0 saturated heterocycles. The lowest BCUT2D eigenvalue weighted by Crippen LogP contribution is -2.40. The van der Waals surface area contributed by atoms with Crippen LogP contribution in [-0.4, -0.2) is 43.4 Å². The topological polar surface area (TPSA) is 115 Å². The number of methoxy groups -OCH3 is 1. The Morgan fingerprint density at radius 3 is 2.35 bits per heavy atom. The third kappa shape index (κ3) is 7.94. The van der Waals surface area contributed by atoms with Crippen molar-refractivity contribution >= 4 is 74.5 Å². The van der Waals surface area contributed by atoms with Crippen LogP contribution in [0.4, 0.5) is 0 Å². The number of hydrogen-bond donors (Lipinski definition) is 0. The van der Waals surface area contributed by atoms with Gasteiger partial charge in [0, 0.05) is 0 Å². The molecule has 1 aromatic heterocycles. The summed E-state index contributed by atoms with van der Waals surface area (Å²) in [6.45, 7) is 5.87. The van der Waals surface area contributed by atoms with Crippen LogP contribution in [0.3, 0.4) is 0 Å². The quantitative estimate of drug-likeness (QED) is 0.135. The summed E-state index contributed by atoms with van der Waals surface area (Å²) in [5.74, 6) is 0.319. The maximum atomic E-state index is 14.2. The molecule has 0 N–H and O–H groups in total. The van der Waals surface area contributed by atoms with Gasteiger partial charge in [-0.1, -0.05) is 47.7 Å². The van der Waals surface area contributed by atoms with E-state index in [0.717, 1.165) is 24.0 Å². The van der Waals surface area contributed by atoms with Crippen LogP contribution in [0, 0.1) is 7.14 Å². The second kappa shape index (κ2) is 16.1. The summed E-state index contributed by atoms with van der Waals surface area (Å²) >= 11 is 5.73. The Kier molecular flexibility index (Phi) is 12.0. The smallest absolute Gasteiger partial charge is 0.343 e. The minimum absolute atomic E-state index is 0.152. The molecule has 250 valence electrons. The molecule has 13 heteroatoms. The first-order valence-corrected chi connectivity index (χ1v) is 17.9. The van der Waals surface area contributed by atoms with Crippen molar-refractivity contribution in [2.45, 2.75) is 33.4 Å². The summed E-state index contributed by atoms with van der Waals surface area (Å²) in [5.41, 5.74) is 2.85. The number of hydrogen-bond acceptors (Lipinski definition) is 10. The Morgan fingerprint density at radius 1 is 0.958 bits per heavy atom. The Hall–Kier alpha value is -3.70. The van der Waals surface area contributed by atoms with Crippen LogP contribution in [-0.2, 0) is 25.7 Å². The Labute approximate surface area is 308 Å². The van der Waals surface area contributed by atoms with Crippen LogP contribution in [0.5, 0.6) is 17.2 Å². The highest BCUT2D eigenvalue weighted by molar-refractivity contribution is 14.1. The Bertz CT molecular complexity index is 2030. The molecule has 10 nitrogen and oxygen atoms in total. The number of carbonyl (C=O) groups excluding carboxylic acids is 2. The molecular formula is C35H32I2N2O8S. The van der Waals surface area contributed by atoms with Crippen LogP contribution < -0.4 is 29.1 Å². The molecule has 0 saturated carbocycles. The number of halogens is 2. The molecule has 0 fully saturated rings. The predicted octanol–water partition coefficient (Wildman–Crippen LogP) is 5.54. The second-order valence-corrected chi connectivity index (χ2v) is 13.7. The highest BCUT2D eigenvalue weighted by Gasteiger charge is 2.34. The van der Waals surface area contributed by atoms with Crippen LogP contribution in [0.15, 0.2) is 81.7 Å². The van der Waals surface area contributed by atoms with Gasteiger partial charge in [0.2, 0.25) is 0 Å². The van der Waals surface area contributed by atoms with Crippen molar-refractivity contribution in [2.24, 2.45) is 4.99 Å². The highest BCUT2D eigenvalue weighted by Crippen LogP contribution is 2.36. The zero-order chi connectivity index (χ0) is 34.4. The molecule has 1 aliphatic rings. The predicted molar refractivity (Wildman–Crippen MR) is 198 cm³/mol. The molecular weight excluding hydrogens is 862 g/mol. The number of carbonyl (C=O) groups is 2. The number of aromatic nitrogens is 1. The fourth-order valence-electron chi connectivity index (χ4n) is 5.07. The number of benzene rings is 3. The van der Waals surface area contributed by atoms with E-state index in [0.29, 0.717) is 45.3 Å². The molecule has 0 spiro atoms. The van der Waals surface area contributed by atoms with E-state index in [2.05, 4.69) is 54.9 Å². The number of esters is 2. The van der Waals surface area contributed by atoms with Crippen molar-refractivity contribution in [3.8, 4) is 17.2 Å². The summed E-state index contributed by atoms with van der Waals surface area (Å²) in [6, 6.07) is 18.1. The van der Waals surface area contributed by atoms with Gasteiger partial charge in [-0.2, -0.15) is 0 Å². The summed E-state index contributed by atoms with van der Waals surface area (Å²) in [7, 11) is 1.28. The summed E-state index contributed by atoms with van der Waals surface area (Å²) in [5, 5.41) is 0. The molecule has 0 aliphatic carbocycles. The van der Waals surface area contributed by atoms with E-state index in [-0.39, 0.29) is 24.3 Å². The van der Waals surface area contributed by atoms with Crippen molar-refractivity contribution in [1.82, 2.24) is 4.57 Å². The lowest BCUT2D eigenvalue weighted by Gasteiger charge is -2.25. The van der Waals surface area contributed by atoms with E-state index in [1.54, 1.807) is 32.0 Å². The van der Waals surface area contributed by atoms with Gasteiger partial charge in [0.05, 0.1) is 49.3 Å². The monoisotopic (exact) mass is 894 g/mol. The summed E-state index contributed by atoms with van der Waals surface area (Å²) in [6.07, 6.45) is 1.82. The average Bonchev–Trinajstić information content (AvgIpc) is 3.37. The largest absolute Gasteiger partial charge is 0.490 e. The van der Waals surface area contributed by atoms with Gasteiger partial charge in [-0.05, 0) is 113 Å². The first kappa shape index (κ1) is 35.6. The Morgan fingerprint density at radius 2 is 1.69 bits per heavy atom. The fraction of sp³-hybridized carbons (Fsp3) is 0.257. The number of allylic oxidation sites excluding steroid dienone is 1. The van der Waals surface area contributed by atoms with Gasteiger partial charge in [0.15, 0.2) is 22.9 Å². The highest BCUT2D eigenvalue weighted by atomic mass is 127. The van der Waals surface area contributed by atoms with Crippen molar-refractivity contribution in [3.05, 3.63) is 115 Å². The molecule has 0 bridgehead atoms. The number of fused-ring (bicyclic) bond motifs is 1. The first-order chi connectivity index (χ1) is 23.1. The van der Waals surface area contributed by atoms with Crippen LogP contribution in [0.2, 0.25) is 0 Å². The normalized spacial score (nSPS) is 14.2. The van der Waals surface area contributed by atoms with Gasteiger partial charge >= 0.3 is 11.9 Å². The molecule has 0 radical (unpaired) electrons. The number of rotatable bonds is 12. The van der Waals surface area contributed by atoms with Gasteiger partial charge < -0.3 is 23.7 Å². The number of nitrogens with zero attached hydrogens (tertiary/aromatic N) is 2. The van der Waals surface area contributed by atoms with Crippen molar-refractivity contribution in [3.63, 3.8) is 0 Å². The average molecular weight is 895 g/mol. The van der Waals surface area contributed by atoms with Gasteiger partial charge in [0.1, 0.15) is 12.4 Å². The molecule has 1 atom stereocenters. The fourth-order valence-corrected chi connectivity index (χ4v) is 8.24. The number of ether oxygens (including phenoxy) is 5. The van der Waals surface area contributed by atoms with Crippen LogP contribution in [0.1, 0.15) is 43.5 Å². The van der Waals surface area contributed by atoms with Gasteiger partial charge in [-0.25, -0.2) is 14.6 Å². The van der Waals surface area contributed by atoms with E-state index < -0.39 is 18.0 Å². The lowest BCUT2D eigenvalue weighted by atomic mass is 9.95. The third-order valence-electron chi connectivity index (χ3n) is 7.22. The number of thiazole rings is 1. The van der Waals surface area contributed by atoms with E-state index in [9.17, 15) is 14.4 Å². The van der Waals surface area contributed by atoms with E-state index in [1.165, 1.54) is 23.0 Å². The molecule has 0 amide bonds. The zero-order valence-electron chi connectivity index (χ0n) is 26.6. The molecule has 1 aliphatic heterocycles. The zero-order valence-corrected chi connectivity index (χ0v) is 31.7. The summed E-state index contributed by atoms with van der Waals surface area (Å²) in [4.78, 5) is 44.4. The van der Waals surface area contributed by atoms with E-state index >= 15 is 0 Å². The molecule has 3 aromatic carbocycles. The van der Waals surface area contributed by atoms with E-state index in [4.69, 9.17) is 18.9 Å². The lowest BCUT2D eigenvalue weighted by molar-refractivity contribution is -0.143.